The number of fused-ring (bicyclic) bond motifs is 1. The average molecular weight is 501 g/mol. The van der Waals surface area contributed by atoms with Crippen LogP contribution in [0.4, 0.5) is 18.9 Å². The summed E-state index contributed by atoms with van der Waals surface area (Å²) < 4.78 is 51.2. The molecule has 2 aliphatic rings. The van der Waals surface area contributed by atoms with E-state index >= 15 is 0 Å². The number of halogens is 3. The van der Waals surface area contributed by atoms with Gasteiger partial charge in [-0.1, -0.05) is 6.07 Å². The molecule has 35 heavy (non-hydrogen) atoms. The van der Waals surface area contributed by atoms with E-state index in [4.69, 9.17) is 9.47 Å². The Balaban J connectivity index is 1.69. The largest absolute Gasteiger partial charge is 0.507 e. The number of carbonyl (C=O) groups excluding carboxylic acids is 2. The molecule has 0 aliphatic carbocycles. The van der Waals surface area contributed by atoms with E-state index in [0.29, 0.717) is 29.6 Å². The lowest BCUT2D eigenvalue weighted by molar-refractivity contribution is -0.137. The summed E-state index contributed by atoms with van der Waals surface area (Å²) >= 11 is 1.24. The lowest BCUT2D eigenvalue weighted by atomic mass is 9.98. The molecule has 2 aliphatic heterocycles. The molecule has 2 aromatic carbocycles. The number of amides is 1. The second-order valence-corrected chi connectivity index (χ2v) is 8.99. The van der Waals surface area contributed by atoms with Crippen molar-refractivity contribution in [3.63, 3.8) is 0 Å². The van der Waals surface area contributed by atoms with E-state index in [9.17, 15) is 27.9 Å². The molecule has 1 unspecified atom stereocenters. The van der Waals surface area contributed by atoms with Crippen molar-refractivity contribution in [2.45, 2.75) is 19.1 Å². The number of anilines is 1. The smallest absolute Gasteiger partial charge is 0.416 e. The van der Waals surface area contributed by atoms with E-state index in [0.717, 1.165) is 22.6 Å². The monoisotopic (exact) mass is 501 g/mol. The SMILES string of the molecule is Cc1ccsc1C1/C(=C(/O)c2ccc3c(c2)OCCO3)C(=O)C(=O)N1c1cccc(C(F)(F)F)c1. The fraction of sp³-hybridized carbons (Fsp3) is 0.200. The van der Waals surface area contributed by atoms with Crippen LogP contribution in [0.2, 0.25) is 0 Å². The van der Waals surface area contributed by atoms with Gasteiger partial charge >= 0.3 is 6.18 Å². The lowest BCUT2D eigenvalue weighted by Crippen LogP contribution is -2.29. The minimum atomic E-state index is -4.64. The van der Waals surface area contributed by atoms with Crippen molar-refractivity contribution in [2.75, 3.05) is 18.1 Å². The number of rotatable bonds is 3. The Hall–Kier alpha value is -3.79. The van der Waals surface area contributed by atoms with E-state index in [1.807, 2.05) is 0 Å². The highest BCUT2D eigenvalue weighted by Gasteiger charge is 2.48. The summed E-state index contributed by atoms with van der Waals surface area (Å²) in [6.07, 6.45) is -4.64. The Morgan fingerprint density at radius 2 is 1.80 bits per heavy atom. The third-order valence-electron chi connectivity index (χ3n) is 5.86. The van der Waals surface area contributed by atoms with Crippen LogP contribution in [0.3, 0.4) is 0 Å². The van der Waals surface area contributed by atoms with Crippen LogP contribution in [-0.2, 0) is 15.8 Å². The number of benzene rings is 2. The first kappa shape index (κ1) is 23.0. The molecule has 0 saturated carbocycles. The second-order valence-electron chi connectivity index (χ2n) is 8.04. The van der Waals surface area contributed by atoms with Gasteiger partial charge in [-0.25, -0.2) is 0 Å². The molecule has 10 heteroatoms. The number of hydrogen-bond acceptors (Lipinski definition) is 6. The molecule has 3 heterocycles. The van der Waals surface area contributed by atoms with E-state index in [1.165, 1.54) is 35.6 Å². The van der Waals surface area contributed by atoms with Gasteiger partial charge in [-0.05, 0) is 60.3 Å². The van der Waals surface area contributed by atoms with Gasteiger partial charge in [0.25, 0.3) is 11.7 Å². The summed E-state index contributed by atoms with van der Waals surface area (Å²) in [6, 6.07) is 9.50. The molecule has 5 rings (SSSR count). The second kappa shape index (κ2) is 8.46. The molecule has 1 aromatic heterocycles. The Morgan fingerprint density at radius 3 is 2.49 bits per heavy atom. The quantitative estimate of drug-likeness (QED) is 0.293. The molecule has 1 amide bonds. The predicted molar refractivity (Wildman–Crippen MR) is 123 cm³/mol. The summed E-state index contributed by atoms with van der Waals surface area (Å²) in [5.74, 6) is -1.62. The molecule has 180 valence electrons. The number of aliphatic hydroxyl groups is 1. The first-order valence-electron chi connectivity index (χ1n) is 10.6. The molecule has 1 atom stereocenters. The minimum absolute atomic E-state index is 0.0963. The van der Waals surface area contributed by atoms with Gasteiger partial charge in [0.2, 0.25) is 0 Å². The Kier molecular flexibility index (Phi) is 5.55. The molecule has 6 nitrogen and oxygen atoms in total. The molecule has 0 bridgehead atoms. The number of alkyl halides is 3. The Morgan fingerprint density at radius 1 is 1.06 bits per heavy atom. The molecule has 1 saturated heterocycles. The van der Waals surface area contributed by atoms with Gasteiger partial charge in [-0.2, -0.15) is 13.2 Å². The standard InChI is InChI=1S/C25H18F3NO5S/c1-13-7-10-35-23(13)20-19(21(30)14-5-6-17-18(11-14)34-9-8-33-17)22(31)24(32)29(20)16-4-2-3-15(12-16)25(26,27)28/h2-7,10-12,20,30H,8-9H2,1H3/b21-19-. The maximum atomic E-state index is 13.4. The number of aliphatic hydroxyl groups excluding tert-OH is 1. The number of aryl methyl sites for hydroxylation is 1. The van der Waals surface area contributed by atoms with Crippen molar-refractivity contribution in [2.24, 2.45) is 0 Å². The number of carbonyl (C=O) groups is 2. The molecule has 3 aromatic rings. The van der Waals surface area contributed by atoms with Crippen LogP contribution in [0.1, 0.15) is 27.6 Å². The van der Waals surface area contributed by atoms with Gasteiger partial charge in [-0.3, -0.25) is 14.5 Å². The van der Waals surface area contributed by atoms with Gasteiger partial charge in [0.05, 0.1) is 11.1 Å². The van der Waals surface area contributed by atoms with Crippen molar-refractivity contribution in [1.82, 2.24) is 0 Å². The van der Waals surface area contributed by atoms with Crippen molar-refractivity contribution in [1.29, 1.82) is 0 Å². The van der Waals surface area contributed by atoms with E-state index in [-0.39, 0.29) is 16.8 Å². The van der Waals surface area contributed by atoms with Crippen molar-refractivity contribution in [3.8, 4) is 11.5 Å². The summed E-state index contributed by atoms with van der Waals surface area (Å²) in [6.45, 7) is 2.45. The van der Waals surface area contributed by atoms with Gasteiger partial charge in [0.15, 0.2) is 11.5 Å². The van der Waals surface area contributed by atoms with Crippen molar-refractivity contribution >= 4 is 34.5 Å². The zero-order chi connectivity index (χ0) is 24.9. The Labute approximate surface area is 201 Å². The first-order chi connectivity index (χ1) is 16.7. The molecular formula is C25H18F3NO5S. The predicted octanol–water partition coefficient (Wildman–Crippen LogP) is 5.47. The van der Waals surface area contributed by atoms with Crippen LogP contribution in [0.15, 0.2) is 59.5 Å². The van der Waals surface area contributed by atoms with E-state index in [1.54, 1.807) is 24.4 Å². The van der Waals surface area contributed by atoms with Crippen molar-refractivity contribution in [3.05, 3.63) is 81.1 Å². The number of nitrogens with zero attached hydrogens (tertiary/aromatic N) is 1. The average Bonchev–Trinajstić information content (AvgIpc) is 3.38. The van der Waals surface area contributed by atoms with Crippen LogP contribution in [0.25, 0.3) is 5.76 Å². The summed E-state index contributed by atoms with van der Waals surface area (Å²) in [5.41, 5.74) is -0.316. The number of ketones is 1. The molecular weight excluding hydrogens is 483 g/mol. The van der Waals surface area contributed by atoms with Gasteiger partial charge in [0.1, 0.15) is 25.0 Å². The summed E-state index contributed by atoms with van der Waals surface area (Å²) in [5, 5.41) is 13.0. The van der Waals surface area contributed by atoms with Crippen LogP contribution in [-0.4, -0.2) is 30.0 Å². The van der Waals surface area contributed by atoms with E-state index in [2.05, 4.69) is 0 Å². The molecule has 0 spiro atoms. The van der Waals surface area contributed by atoms with Crippen LogP contribution in [0.5, 0.6) is 11.5 Å². The number of thiophene rings is 1. The molecule has 1 fully saturated rings. The highest BCUT2D eigenvalue weighted by atomic mass is 32.1. The fourth-order valence-electron chi connectivity index (χ4n) is 4.19. The van der Waals surface area contributed by atoms with Crippen LogP contribution in [0, 0.1) is 6.92 Å². The number of ether oxygens (including phenoxy) is 2. The molecule has 0 radical (unpaired) electrons. The maximum absolute atomic E-state index is 13.4. The normalized spacial score (nSPS) is 19.3. The zero-order valence-electron chi connectivity index (χ0n) is 18.3. The van der Waals surface area contributed by atoms with Crippen LogP contribution >= 0.6 is 11.3 Å². The lowest BCUT2D eigenvalue weighted by Gasteiger charge is -2.25. The van der Waals surface area contributed by atoms with Gasteiger partial charge in [-0.15, -0.1) is 11.3 Å². The highest BCUT2D eigenvalue weighted by Crippen LogP contribution is 2.46. The fourth-order valence-corrected chi connectivity index (χ4v) is 5.21. The summed E-state index contributed by atoms with van der Waals surface area (Å²) in [7, 11) is 0. The highest BCUT2D eigenvalue weighted by molar-refractivity contribution is 7.10. The van der Waals surface area contributed by atoms with E-state index < -0.39 is 35.2 Å². The van der Waals surface area contributed by atoms with Crippen molar-refractivity contribution < 1.29 is 37.3 Å². The van der Waals surface area contributed by atoms with Gasteiger partial charge < -0.3 is 14.6 Å². The minimum Gasteiger partial charge on any atom is -0.507 e. The zero-order valence-corrected chi connectivity index (χ0v) is 19.1. The third-order valence-corrected chi connectivity index (χ3v) is 6.93. The van der Waals surface area contributed by atoms with Gasteiger partial charge in [0, 0.05) is 16.1 Å². The number of Topliss-reactive ketones (excluding diaryl/α,β-unsaturated/α-hetero) is 1. The topological polar surface area (TPSA) is 76.1 Å². The summed E-state index contributed by atoms with van der Waals surface area (Å²) in [4.78, 5) is 28.0. The third kappa shape index (κ3) is 3.93. The number of hydrogen-bond donors (Lipinski definition) is 1. The first-order valence-corrected chi connectivity index (χ1v) is 11.5. The Bertz CT molecular complexity index is 1380. The molecule has 1 N–H and O–H groups in total. The van der Waals surface area contributed by atoms with Crippen LogP contribution < -0.4 is 14.4 Å². The maximum Gasteiger partial charge on any atom is 0.416 e.